The Morgan fingerprint density at radius 1 is 1.33 bits per heavy atom. The topological polar surface area (TPSA) is 43.1 Å². The molecule has 1 atom stereocenters. The molecule has 0 spiro atoms. The predicted octanol–water partition coefficient (Wildman–Crippen LogP) is 2.44. The van der Waals surface area contributed by atoms with Crippen molar-refractivity contribution in [2.45, 2.75) is 26.2 Å². The monoisotopic (exact) mass is 209 g/mol. The van der Waals surface area contributed by atoms with E-state index in [4.69, 9.17) is 5.73 Å². The quantitative estimate of drug-likeness (QED) is 0.813. The molecule has 0 aliphatic rings. The summed E-state index contributed by atoms with van der Waals surface area (Å²) < 4.78 is 12.7. The Morgan fingerprint density at radius 3 is 2.27 bits per heavy atom. The summed E-state index contributed by atoms with van der Waals surface area (Å²) in [5.74, 6) is -0.204. The van der Waals surface area contributed by atoms with Gasteiger partial charge in [-0.2, -0.15) is 0 Å². The number of rotatable bonds is 4. The lowest BCUT2D eigenvalue weighted by molar-refractivity contribution is -0.118. The van der Waals surface area contributed by atoms with Crippen LogP contribution in [0.2, 0.25) is 0 Å². The molecule has 0 aliphatic heterocycles. The summed E-state index contributed by atoms with van der Waals surface area (Å²) in [6, 6.07) is 6.24. The molecule has 0 saturated carbocycles. The van der Waals surface area contributed by atoms with Crippen molar-refractivity contribution in [2.24, 2.45) is 11.7 Å². The summed E-state index contributed by atoms with van der Waals surface area (Å²) in [6.07, 6.45) is 0.309. The molecule has 0 bridgehead atoms. The fourth-order valence-corrected chi connectivity index (χ4v) is 1.67. The van der Waals surface area contributed by atoms with E-state index in [0.29, 0.717) is 12.3 Å². The first kappa shape index (κ1) is 11.7. The molecule has 1 unspecified atom stereocenters. The van der Waals surface area contributed by atoms with Crippen LogP contribution >= 0.6 is 0 Å². The van der Waals surface area contributed by atoms with Gasteiger partial charge < -0.3 is 5.73 Å². The number of amides is 1. The number of halogens is 1. The molecular weight excluding hydrogens is 193 g/mol. The number of nitrogens with two attached hydrogens (primary N) is 1. The van der Waals surface area contributed by atoms with Crippen LogP contribution in [0.15, 0.2) is 24.3 Å². The van der Waals surface area contributed by atoms with Gasteiger partial charge in [0.15, 0.2) is 0 Å². The lowest BCUT2D eigenvalue weighted by Gasteiger charge is -2.19. The molecule has 0 saturated heterocycles. The van der Waals surface area contributed by atoms with E-state index >= 15 is 0 Å². The molecule has 1 amide bonds. The third-order valence-electron chi connectivity index (χ3n) is 2.52. The fourth-order valence-electron chi connectivity index (χ4n) is 1.67. The van der Waals surface area contributed by atoms with Gasteiger partial charge in [0.1, 0.15) is 5.82 Å². The van der Waals surface area contributed by atoms with E-state index in [-0.39, 0.29) is 17.6 Å². The van der Waals surface area contributed by atoms with Crippen molar-refractivity contribution in [1.29, 1.82) is 0 Å². The first-order valence-corrected chi connectivity index (χ1v) is 5.04. The predicted molar refractivity (Wildman–Crippen MR) is 57.8 cm³/mol. The van der Waals surface area contributed by atoms with Gasteiger partial charge in [0.2, 0.25) is 5.91 Å². The molecule has 0 heterocycles. The van der Waals surface area contributed by atoms with Crippen molar-refractivity contribution in [2.75, 3.05) is 0 Å². The lowest BCUT2D eigenvalue weighted by Crippen LogP contribution is -2.18. The van der Waals surface area contributed by atoms with Crippen LogP contribution < -0.4 is 5.73 Å². The van der Waals surface area contributed by atoms with Gasteiger partial charge in [-0.15, -0.1) is 0 Å². The molecule has 2 nitrogen and oxygen atoms in total. The minimum Gasteiger partial charge on any atom is -0.370 e. The smallest absolute Gasteiger partial charge is 0.218 e. The number of hydrogen-bond acceptors (Lipinski definition) is 1. The summed E-state index contributed by atoms with van der Waals surface area (Å²) in [4.78, 5) is 10.9. The van der Waals surface area contributed by atoms with E-state index in [9.17, 15) is 9.18 Å². The summed E-state index contributed by atoms with van der Waals surface area (Å²) in [5.41, 5.74) is 6.15. The number of carbonyl (C=O) groups is 1. The Bertz CT molecular complexity index is 332. The Balaban J connectivity index is 2.88. The standard InChI is InChI=1S/C12H16FNO/c1-8(2)11(7-12(14)15)9-3-5-10(13)6-4-9/h3-6,8,11H,7H2,1-2H3,(H2,14,15). The summed E-state index contributed by atoms with van der Waals surface area (Å²) in [7, 11) is 0. The third kappa shape index (κ3) is 3.35. The SMILES string of the molecule is CC(C)C(CC(N)=O)c1ccc(F)cc1. The van der Waals surface area contributed by atoms with Crippen LogP contribution in [0.3, 0.4) is 0 Å². The van der Waals surface area contributed by atoms with Gasteiger partial charge in [-0.05, 0) is 29.5 Å². The minimum absolute atomic E-state index is 0.0723. The van der Waals surface area contributed by atoms with Crippen LogP contribution in [0.4, 0.5) is 4.39 Å². The second-order valence-electron chi connectivity index (χ2n) is 4.07. The zero-order valence-electron chi connectivity index (χ0n) is 9.03. The molecule has 0 aliphatic carbocycles. The van der Waals surface area contributed by atoms with Gasteiger partial charge in [0.25, 0.3) is 0 Å². The van der Waals surface area contributed by atoms with Crippen molar-refractivity contribution < 1.29 is 9.18 Å². The Kier molecular flexibility index (Phi) is 3.83. The zero-order chi connectivity index (χ0) is 11.4. The normalized spacial score (nSPS) is 12.8. The van der Waals surface area contributed by atoms with Crippen LogP contribution in [0.5, 0.6) is 0 Å². The first-order valence-electron chi connectivity index (χ1n) is 5.04. The summed E-state index contributed by atoms with van der Waals surface area (Å²) >= 11 is 0. The third-order valence-corrected chi connectivity index (χ3v) is 2.52. The first-order chi connectivity index (χ1) is 7.00. The van der Waals surface area contributed by atoms with E-state index < -0.39 is 0 Å². The molecule has 2 N–H and O–H groups in total. The number of primary amides is 1. The highest BCUT2D eigenvalue weighted by molar-refractivity contribution is 5.74. The lowest BCUT2D eigenvalue weighted by atomic mass is 9.85. The van der Waals surface area contributed by atoms with Crippen LogP contribution in [0, 0.1) is 11.7 Å². The highest BCUT2D eigenvalue weighted by Gasteiger charge is 2.17. The van der Waals surface area contributed by atoms with Gasteiger partial charge in [-0.3, -0.25) is 4.79 Å². The molecule has 0 fully saturated rings. The molecule has 1 aromatic rings. The maximum Gasteiger partial charge on any atom is 0.218 e. The number of hydrogen-bond donors (Lipinski definition) is 1. The largest absolute Gasteiger partial charge is 0.370 e. The highest BCUT2D eigenvalue weighted by atomic mass is 19.1. The van der Waals surface area contributed by atoms with E-state index in [2.05, 4.69) is 0 Å². The Morgan fingerprint density at radius 2 is 1.87 bits per heavy atom. The summed E-state index contributed by atoms with van der Waals surface area (Å²) in [6.45, 7) is 4.05. The average Bonchev–Trinajstić information content (AvgIpc) is 2.15. The van der Waals surface area contributed by atoms with Crippen molar-refractivity contribution in [3.05, 3.63) is 35.6 Å². The molecule has 15 heavy (non-hydrogen) atoms. The molecule has 0 radical (unpaired) electrons. The molecule has 1 aromatic carbocycles. The van der Waals surface area contributed by atoms with Crippen molar-refractivity contribution in [1.82, 2.24) is 0 Å². The van der Waals surface area contributed by atoms with E-state index in [1.54, 1.807) is 12.1 Å². The van der Waals surface area contributed by atoms with E-state index in [0.717, 1.165) is 5.56 Å². The van der Waals surface area contributed by atoms with E-state index in [1.807, 2.05) is 13.8 Å². The van der Waals surface area contributed by atoms with Crippen molar-refractivity contribution in [3.63, 3.8) is 0 Å². The second kappa shape index (κ2) is 4.91. The fraction of sp³-hybridized carbons (Fsp3) is 0.417. The van der Waals surface area contributed by atoms with Crippen LogP contribution in [0.25, 0.3) is 0 Å². The number of benzene rings is 1. The van der Waals surface area contributed by atoms with Crippen molar-refractivity contribution >= 4 is 5.91 Å². The van der Waals surface area contributed by atoms with Gasteiger partial charge in [-0.1, -0.05) is 26.0 Å². The van der Waals surface area contributed by atoms with Crippen LogP contribution in [-0.4, -0.2) is 5.91 Å². The molecule has 3 heteroatoms. The maximum absolute atomic E-state index is 12.7. The average molecular weight is 209 g/mol. The van der Waals surface area contributed by atoms with Crippen molar-refractivity contribution in [3.8, 4) is 0 Å². The molecular formula is C12H16FNO. The van der Waals surface area contributed by atoms with Crippen LogP contribution in [0.1, 0.15) is 31.7 Å². The van der Waals surface area contributed by atoms with Crippen LogP contribution in [-0.2, 0) is 4.79 Å². The zero-order valence-corrected chi connectivity index (χ0v) is 9.03. The van der Waals surface area contributed by atoms with E-state index in [1.165, 1.54) is 12.1 Å². The minimum atomic E-state index is -0.321. The summed E-state index contributed by atoms with van der Waals surface area (Å²) in [5, 5.41) is 0. The second-order valence-corrected chi connectivity index (χ2v) is 4.07. The van der Waals surface area contributed by atoms with Gasteiger partial charge >= 0.3 is 0 Å². The maximum atomic E-state index is 12.7. The molecule has 82 valence electrons. The Hall–Kier alpha value is -1.38. The number of carbonyl (C=O) groups excluding carboxylic acids is 1. The van der Waals surface area contributed by atoms with Gasteiger partial charge in [0, 0.05) is 6.42 Å². The molecule has 0 aromatic heterocycles. The Labute approximate surface area is 89.3 Å². The van der Waals surface area contributed by atoms with Gasteiger partial charge in [0.05, 0.1) is 0 Å². The van der Waals surface area contributed by atoms with Gasteiger partial charge in [-0.25, -0.2) is 4.39 Å². The molecule has 1 rings (SSSR count). The highest BCUT2D eigenvalue weighted by Crippen LogP contribution is 2.27.